The van der Waals surface area contributed by atoms with Crippen LogP contribution in [-0.2, 0) is 22.6 Å². The van der Waals surface area contributed by atoms with Crippen LogP contribution in [0.2, 0.25) is 10.0 Å². The highest BCUT2D eigenvalue weighted by molar-refractivity contribution is 6.35. The van der Waals surface area contributed by atoms with Crippen molar-refractivity contribution in [3.63, 3.8) is 0 Å². The zero-order valence-corrected chi connectivity index (χ0v) is 18.7. The van der Waals surface area contributed by atoms with Gasteiger partial charge in [0.05, 0.1) is 5.52 Å². The second-order valence-electron chi connectivity index (χ2n) is 7.70. The number of imidazole rings is 1. The van der Waals surface area contributed by atoms with Crippen LogP contribution in [0.15, 0.2) is 35.3 Å². The van der Waals surface area contributed by atoms with Crippen molar-refractivity contribution in [1.29, 1.82) is 0 Å². The van der Waals surface area contributed by atoms with Crippen LogP contribution in [0.5, 0.6) is 0 Å². The standard InChI is InChI=1S/C22H24Cl2N4O3/c1-2-27-19-9-16(15-7-17(23)10-18(24)8-15)12-26-21(19)28(22(27)30)13-20(29)25-11-14-3-5-31-6-4-14/h7-10,12,14H,2-6,11,13H2,1H3,(H,25,29). The van der Waals surface area contributed by atoms with E-state index in [4.69, 9.17) is 27.9 Å². The minimum Gasteiger partial charge on any atom is -0.381 e. The third kappa shape index (κ3) is 4.79. The van der Waals surface area contributed by atoms with Crippen LogP contribution in [0, 0.1) is 5.92 Å². The van der Waals surface area contributed by atoms with Crippen molar-refractivity contribution in [3.05, 3.63) is 51.0 Å². The smallest absolute Gasteiger partial charge is 0.330 e. The lowest BCUT2D eigenvalue weighted by Gasteiger charge is -2.22. The summed E-state index contributed by atoms with van der Waals surface area (Å²) in [7, 11) is 0. The molecule has 4 rings (SSSR count). The van der Waals surface area contributed by atoms with Gasteiger partial charge in [-0.25, -0.2) is 9.78 Å². The Kier molecular flexibility index (Phi) is 6.65. The summed E-state index contributed by atoms with van der Waals surface area (Å²) in [5.41, 5.74) is 2.49. The van der Waals surface area contributed by atoms with E-state index in [0.717, 1.165) is 37.2 Å². The molecule has 1 amide bonds. The normalized spacial score (nSPS) is 14.8. The van der Waals surface area contributed by atoms with Gasteiger partial charge in [-0.15, -0.1) is 0 Å². The van der Waals surface area contributed by atoms with Crippen LogP contribution < -0.4 is 11.0 Å². The highest BCUT2D eigenvalue weighted by atomic mass is 35.5. The molecule has 31 heavy (non-hydrogen) atoms. The monoisotopic (exact) mass is 462 g/mol. The van der Waals surface area contributed by atoms with Crippen molar-refractivity contribution in [3.8, 4) is 11.1 Å². The Morgan fingerprint density at radius 2 is 1.84 bits per heavy atom. The first-order chi connectivity index (χ1) is 15.0. The molecule has 0 atom stereocenters. The summed E-state index contributed by atoms with van der Waals surface area (Å²) >= 11 is 12.3. The number of pyridine rings is 1. The summed E-state index contributed by atoms with van der Waals surface area (Å²) in [4.78, 5) is 30.0. The molecule has 164 valence electrons. The quantitative estimate of drug-likeness (QED) is 0.605. The van der Waals surface area contributed by atoms with Gasteiger partial charge in [0.15, 0.2) is 5.65 Å². The van der Waals surface area contributed by atoms with E-state index in [-0.39, 0.29) is 18.1 Å². The number of nitrogens with one attached hydrogen (secondary N) is 1. The summed E-state index contributed by atoms with van der Waals surface area (Å²) in [6.07, 6.45) is 3.54. The van der Waals surface area contributed by atoms with Gasteiger partial charge in [0.25, 0.3) is 0 Å². The first-order valence-corrected chi connectivity index (χ1v) is 11.1. The van der Waals surface area contributed by atoms with Crippen LogP contribution in [0.1, 0.15) is 19.8 Å². The second kappa shape index (κ2) is 9.42. The van der Waals surface area contributed by atoms with E-state index >= 15 is 0 Å². The van der Waals surface area contributed by atoms with Gasteiger partial charge in [0.1, 0.15) is 6.54 Å². The van der Waals surface area contributed by atoms with Crippen molar-refractivity contribution < 1.29 is 9.53 Å². The Balaban J connectivity index is 1.61. The van der Waals surface area contributed by atoms with E-state index < -0.39 is 0 Å². The fourth-order valence-corrected chi connectivity index (χ4v) is 4.45. The molecule has 3 heterocycles. The van der Waals surface area contributed by atoms with E-state index in [1.165, 1.54) is 4.57 Å². The molecule has 2 aromatic heterocycles. The van der Waals surface area contributed by atoms with Gasteiger partial charge in [-0.3, -0.25) is 13.9 Å². The maximum Gasteiger partial charge on any atom is 0.330 e. The number of hydrogen-bond donors (Lipinski definition) is 1. The van der Waals surface area contributed by atoms with Gasteiger partial charge in [-0.05, 0) is 55.5 Å². The molecule has 3 aromatic rings. The number of halogens is 2. The number of aryl methyl sites for hydroxylation is 1. The Morgan fingerprint density at radius 1 is 1.13 bits per heavy atom. The first kappa shape index (κ1) is 21.9. The zero-order valence-electron chi connectivity index (χ0n) is 17.2. The minimum atomic E-state index is -0.257. The lowest BCUT2D eigenvalue weighted by Crippen LogP contribution is -2.36. The summed E-state index contributed by atoms with van der Waals surface area (Å²) < 4.78 is 8.39. The second-order valence-corrected chi connectivity index (χ2v) is 8.57. The Labute approximate surface area is 189 Å². The van der Waals surface area contributed by atoms with E-state index in [1.54, 1.807) is 29.0 Å². The van der Waals surface area contributed by atoms with Gasteiger partial charge in [0, 0.05) is 48.1 Å². The Bertz CT molecular complexity index is 1150. The van der Waals surface area contributed by atoms with Crippen molar-refractivity contribution >= 4 is 40.3 Å². The number of carbonyl (C=O) groups excluding carboxylic acids is 1. The summed E-state index contributed by atoms with van der Waals surface area (Å²) in [5.74, 6) is 0.216. The molecule has 0 saturated carbocycles. The average Bonchev–Trinajstić information content (AvgIpc) is 3.02. The van der Waals surface area contributed by atoms with Crippen LogP contribution in [0.25, 0.3) is 22.3 Å². The third-order valence-corrected chi connectivity index (χ3v) is 6.03. The highest BCUT2D eigenvalue weighted by Crippen LogP contribution is 2.28. The maximum atomic E-state index is 13.0. The van der Waals surface area contributed by atoms with Gasteiger partial charge in [-0.1, -0.05) is 23.2 Å². The predicted octanol–water partition coefficient (Wildman–Crippen LogP) is 3.73. The van der Waals surface area contributed by atoms with E-state index in [9.17, 15) is 9.59 Å². The molecule has 1 fully saturated rings. The molecule has 7 nitrogen and oxygen atoms in total. The molecule has 1 aromatic carbocycles. The number of aromatic nitrogens is 3. The molecule has 1 aliphatic heterocycles. The van der Waals surface area contributed by atoms with Crippen LogP contribution >= 0.6 is 23.2 Å². The number of fused-ring (bicyclic) bond motifs is 1. The Morgan fingerprint density at radius 3 is 2.52 bits per heavy atom. The highest BCUT2D eigenvalue weighted by Gasteiger charge is 2.19. The zero-order chi connectivity index (χ0) is 22.0. The molecular formula is C22H24Cl2N4O3. The molecule has 1 aliphatic rings. The lowest BCUT2D eigenvalue weighted by atomic mass is 10.0. The predicted molar refractivity (Wildman–Crippen MR) is 122 cm³/mol. The SMILES string of the molecule is CCn1c(=O)n(CC(=O)NCC2CCOCC2)c2ncc(-c3cc(Cl)cc(Cl)c3)cc21. The number of rotatable bonds is 6. The molecule has 0 aliphatic carbocycles. The molecule has 0 bridgehead atoms. The largest absolute Gasteiger partial charge is 0.381 e. The summed E-state index contributed by atoms with van der Waals surface area (Å²) in [6.45, 7) is 4.34. The van der Waals surface area contributed by atoms with Crippen LogP contribution in [0.3, 0.4) is 0 Å². The average molecular weight is 463 g/mol. The number of hydrogen-bond acceptors (Lipinski definition) is 4. The van der Waals surface area contributed by atoms with Crippen molar-refractivity contribution in [2.24, 2.45) is 5.92 Å². The number of ether oxygens (including phenoxy) is 1. The molecule has 0 spiro atoms. The van der Waals surface area contributed by atoms with Gasteiger partial charge >= 0.3 is 5.69 Å². The fourth-order valence-electron chi connectivity index (χ4n) is 3.93. The number of amides is 1. The molecule has 1 saturated heterocycles. The van der Waals surface area contributed by atoms with E-state index in [1.807, 2.05) is 13.0 Å². The molecular weight excluding hydrogens is 439 g/mol. The molecule has 1 N–H and O–H groups in total. The van der Waals surface area contributed by atoms with Crippen LogP contribution in [-0.4, -0.2) is 39.8 Å². The number of nitrogens with zero attached hydrogens (tertiary/aromatic N) is 3. The molecule has 9 heteroatoms. The first-order valence-electron chi connectivity index (χ1n) is 10.4. The van der Waals surface area contributed by atoms with Gasteiger partial charge < -0.3 is 10.1 Å². The minimum absolute atomic E-state index is 0.0686. The third-order valence-electron chi connectivity index (χ3n) is 5.60. The summed E-state index contributed by atoms with van der Waals surface area (Å²) in [6, 6.07) is 7.14. The van der Waals surface area contributed by atoms with Crippen molar-refractivity contribution in [2.75, 3.05) is 19.8 Å². The van der Waals surface area contributed by atoms with Crippen LogP contribution in [0.4, 0.5) is 0 Å². The van der Waals surface area contributed by atoms with Gasteiger partial charge in [-0.2, -0.15) is 0 Å². The van der Waals surface area contributed by atoms with Crippen molar-refractivity contribution in [2.45, 2.75) is 32.9 Å². The van der Waals surface area contributed by atoms with Gasteiger partial charge in [0.2, 0.25) is 5.91 Å². The Hall–Kier alpha value is -2.35. The summed E-state index contributed by atoms with van der Waals surface area (Å²) in [5, 5.41) is 3.99. The number of benzene rings is 1. The lowest BCUT2D eigenvalue weighted by molar-refractivity contribution is -0.122. The topological polar surface area (TPSA) is 78.2 Å². The molecule has 0 radical (unpaired) electrons. The molecule has 0 unspecified atom stereocenters. The maximum absolute atomic E-state index is 13.0. The fraction of sp³-hybridized carbons (Fsp3) is 0.409. The number of carbonyl (C=O) groups is 1. The van der Waals surface area contributed by atoms with E-state index in [0.29, 0.717) is 40.2 Å². The van der Waals surface area contributed by atoms with E-state index in [2.05, 4.69) is 10.3 Å². The van der Waals surface area contributed by atoms with Crippen molar-refractivity contribution in [1.82, 2.24) is 19.4 Å².